The van der Waals surface area contributed by atoms with Crippen molar-refractivity contribution in [1.82, 2.24) is 0 Å². The smallest absolute Gasteiger partial charge is 0.232 e. The Morgan fingerprint density at radius 1 is 0.538 bits per heavy atom. The quantitative estimate of drug-likeness (QED) is 0.821. The average Bonchev–Trinajstić information content (AvgIpc) is 2.67. The summed E-state index contributed by atoms with van der Waals surface area (Å²) in [5, 5.41) is 19.1. The molecule has 126 valence electrons. The summed E-state index contributed by atoms with van der Waals surface area (Å²) in [4.78, 5) is 48.0. The molecule has 6 nitrogen and oxygen atoms in total. The summed E-state index contributed by atoms with van der Waals surface area (Å²) >= 11 is 0. The maximum absolute atomic E-state index is 12.2. The second-order valence-corrected chi connectivity index (χ2v) is 5.94. The van der Waals surface area contributed by atoms with Gasteiger partial charge in [-0.15, -0.1) is 0 Å². The normalized spacial score (nSPS) is 16.0. The van der Waals surface area contributed by atoms with Gasteiger partial charge in [0.1, 0.15) is 0 Å². The van der Waals surface area contributed by atoms with Crippen molar-refractivity contribution in [3.8, 4) is 11.1 Å². The number of fused-ring (bicyclic) bond motifs is 2. The van der Waals surface area contributed by atoms with Crippen molar-refractivity contribution in [3.63, 3.8) is 0 Å². The summed E-state index contributed by atoms with van der Waals surface area (Å²) in [7, 11) is 0. The van der Waals surface area contributed by atoms with Gasteiger partial charge in [0.05, 0.1) is 0 Å². The van der Waals surface area contributed by atoms with Crippen molar-refractivity contribution in [2.75, 3.05) is 0 Å². The largest absolute Gasteiger partial charge is 0.501 e. The molecular weight excluding hydrogens is 336 g/mol. The molecule has 4 rings (SSSR count). The number of aliphatic hydroxyl groups is 2. The Morgan fingerprint density at radius 2 is 1.00 bits per heavy atom. The van der Waals surface area contributed by atoms with Gasteiger partial charge in [0, 0.05) is 22.3 Å². The van der Waals surface area contributed by atoms with Crippen LogP contribution >= 0.6 is 0 Å². The van der Waals surface area contributed by atoms with Gasteiger partial charge in [-0.25, -0.2) is 0 Å². The van der Waals surface area contributed by atoms with Crippen molar-refractivity contribution >= 4 is 23.1 Å². The summed E-state index contributed by atoms with van der Waals surface area (Å²) in [6.07, 6.45) is 2.42. The van der Waals surface area contributed by atoms with Crippen LogP contribution in [0.1, 0.15) is 41.4 Å². The Bertz CT molecular complexity index is 1120. The van der Waals surface area contributed by atoms with E-state index in [2.05, 4.69) is 0 Å². The lowest BCUT2D eigenvalue weighted by Gasteiger charge is -2.16. The summed E-state index contributed by atoms with van der Waals surface area (Å²) in [6, 6.07) is 9.05. The van der Waals surface area contributed by atoms with E-state index in [-0.39, 0.29) is 28.3 Å². The van der Waals surface area contributed by atoms with Gasteiger partial charge in [-0.05, 0) is 47.5 Å². The molecule has 0 saturated carbocycles. The predicted molar refractivity (Wildman–Crippen MR) is 90.6 cm³/mol. The molecule has 2 aliphatic carbocycles. The van der Waals surface area contributed by atoms with Gasteiger partial charge >= 0.3 is 0 Å². The number of ketones is 4. The lowest BCUT2D eigenvalue weighted by atomic mass is 9.87. The molecule has 0 bridgehead atoms. The van der Waals surface area contributed by atoms with E-state index in [1.54, 1.807) is 18.2 Å². The fourth-order valence-electron chi connectivity index (χ4n) is 3.05. The molecule has 2 aliphatic rings. The summed E-state index contributed by atoms with van der Waals surface area (Å²) < 4.78 is 0. The maximum atomic E-state index is 12.2. The van der Waals surface area contributed by atoms with Gasteiger partial charge in [0.25, 0.3) is 0 Å². The number of carbonyl (C=O) groups excluding carboxylic acids is 4. The van der Waals surface area contributed by atoms with Crippen LogP contribution in [0.2, 0.25) is 0 Å². The number of allylic oxidation sites excluding steroid dienone is 4. The van der Waals surface area contributed by atoms with E-state index in [0.29, 0.717) is 16.7 Å². The molecule has 26 heavy (non-hydrogen) atoms. The SMILES string of the molecule is O=C1C=CC(=O)c2cc(-c3ccc4c(c3)C(=O)C(O)=C(O)C4=O)ccc21. The molecular formula is C20H10O6. The lowest BCUT2D eigenvalue weighted by Crippen LogP contribution is -2.21. The Morgan fingerprint density at radius 3 is 1.62 bits per heavy atom. The van der Waals surface area contributed by atoms with E-state index in [0.717, 1.165) is 0 Å². The molecule has 0 amide bonds. The van der Waals surface area contributed by atoms with Gasteiger partial charge in [-0.3, -0.25) is 19.2 Å². The zero-order chi connectivity index (χ0) is 18.6. The molecule has 0 spiro atoms. The van der Waals surface area contributed by atoms with E-state index in [9.17, 15) is 29.4 Å². The molecule has 0 saturated heterocycles. The van der Waals surface area contributed by atoms with Crippen LogP contribution in [0.4, 0.5) is 0 Å². The minimum Gasteiger partial charge on any atom is -0.501 e. The lowest BCUT2D eigenvalue weighted by molar-refractivity contribution is 0.0881. The highest BCUT2D eigenvalue weighted by Crippen LogP contribution is 2.30. The highest BCUT2D eigenvalue weighted by atomic mass is 16.3. The van der Waals surface area contributed by atoms with Crippen LogP contribution in [0.5, 0.6) is 0 Å². The number of carbonyl (C=O) groups is 4. The molecule has 0 aromatic heterocycles. The molecule has 2 aromatic rings. The van der Waals surface area contributed by atoms with Crippen LogP contribution < -0.4 is 0 Å². The van der Waals surface area contributed by atoms with Crippen LogP contribution in [-0.2, 0) is 0 Å². The van der Waals surface area contributed by atoms with Gasteiger partial charge in [-0.1, -0.05) is 12.1 Å². The molecule has 0 atom stereocenters. The highest BCUT2D eigenvalue weighted by Gasteiger charge is 2.32. The Labute approximate surface area is 146 Å². The third-order valence-corrected chi connectivity index (χ3v) is 4.43. The minimum atomic E-state index is -0.990. The van der Waals surface area contributed by atoms with Crippen LogP contribution in [-0.4, -0.2) is 33.3 Å². The van der Waals surface area contributed by atoms with Gasteiger partial charge in [0.15, 0.2) is 11.6 Å². The molecule has 0 unspecified atom stereocenters. The summed E-state index contributed by atoms with van der Waals surface area (Å²) in [6.45, 7) is 0. The Hall–Kier alpha value is -3.80. The van der Waals surface area contributed by atoms with Gasteiger partial charge in [0.2, 0.25) is 23.1 Å². The standard InChI is InChI=1S/C20H10O6/c21-15-5-6-16(22)13-7-9(1-3-11(13)15)10-2-4-12-14(8-10)18(24)20(26)19(25)17(12)23/h1-8,25-26H. The first-order valence-electron chi connectivity index (χ1n) is 7.65. The number of Topliss-reactive ketones (excluding diaryl/α,β-unsaturated/α-hetero) is 2. The zero-order valence-corrected chi connectivity index (χ0v) is 13.1. The first-order valence-corrected chi connectivity index (χ1v) is 7.65. The van der Waals surface area contributed by atoms with E-state index >= 15 is 0 Å². The predicted octanol–water partition coefficient (Wildman–Crippen LogP) is 3.00. The molecule has 2 aromatic carbocycles. The third kappa shape index (κ3) is 2.12. The molecule has 0 heterocycles. The first-order chi connectivity index (χ1) is 12.4. The number of hydrogen-bond acceptors (Lipinski definition) is 6. The van der Waals surface area contributed by atoms with Crippen molar-refractivity contribution < 1.29 is 29.4 Å². The fourth-order valence-corrected chi connectivity index (χ4v) is 3.05. The average molecular weight is 346 g/mol. The molecule has 0 aliphatic heterocycles. The van der Waals surface area contributed by atoms with Crippen LogP contribution in [0.25, 0.3) is 11.1 Å². The van der Waals surface area contributed by atoms with Crippen molar-refractivity contribution in [1.29, 1.82) is 0 Å². The second kappa shape index (κ2) is 5.35. The van der Waals surface area contributed by atoms with E-state index < -0.39 is 23.1 Å². The van der Waals surface area contributed by atoms with Crippen LogP contribution in [0, 0.1) is 0 Å². The molecule has 0 fully saturated rings. The number of hydrogen-bond donors (Lipinski definition) is 2. The van der Waals surface area contributed by atoms with E-state index in [1.807, 2.05) is 0 Å². The Kier molecular flexibility index (Phi) is 3.23. The van der Waals surface area contributed by atoms with Gasteiger partial charge < -0.3 is 10.2 Å². The third-order valence-electron chi connectivity index (χ3n) is 4.43. The van der Waals surface area contributed by atoms with Crippen molar-refractivity contribution in [3.05, 3.63) is 82.3 Å². The van der Waals surface area contributed by atoms with Crippen molar-refractivity contribution in [2.45, 2.75) is 0 Å². The Balaban J connectivity index is 1.85. The molecule has 6 heteroatoms. The van der Waals surface area contributed by atoms with Crippen LogP contribution in [0.3, 0.4) is 0 Å². The number of benzene rings is 2. The van der Waals surface area contributed by atoms with E-state index in [1.165, 1.54) is 30.4 Å². The number of aliphatic hydroxyl groups excluding tert-OH is 2. The second-order valence-electron chi connectivity index (χ2n) is 5.94. The zero-order valence-electron chi connectivity index (χ0n) is 13.1. The monoisotopic (exact) mass is 346 g/mol. The maximum Gasteiger partial charge on any atom is 0.232 e. The minimum absolute atomic E-state index is 0.0128. The molecule has 0 radical (unpaired) electrons. The molecule has 2 N–H and O–H groups in total. The number of rotatable bonds is 1. The van der Waals surface area contributed by atoms with E-state index in [4.69, 9.17) is 0 Å². The fraction of sp³-hybridized carbons (Fsp3) is 0. The topological polar surface area (TPSA) is 109 Å². The van der Waals surface area contributed by atoms with Crippen LogP contribution in [0.15, 0.2) is 60.1 Å². The highest BCUT2D eigenvalue weighted by molar-refractivity contribution is 6.25. The summed E-state index contributed by atoms with van der Waals surface area (Å²) in [5.41, 5.74) is 1.61. The first kappa shape index (κ1) is 15.7. The van der Waals surface area contributed by atoms with Gasteiger partial charge in [-0.2, -0.15) is 0 Å². The van der Waals surface area contributed by atoms with Crippen molar-refractivity contribution in [2.24, 2.45) is 0 Å². The summed E-state index contributed by atoms with van der Waals surface area (Å²) in [5.74, 6) is -4.21.